The van der Waals surface area contributed by atoms with Crippen LogP contribution in [0.3, 0.4) is 0 Å². The van der Waals surface area contributed by atoms with Gasteiger partial charge in [0.05, 0.1) is 7.11 Å². The van der Waals surface area contributed by atoms with Crippen molar-refractivity contribution in [3.63, 3.8) is 0 Å². The first-order chi connectivity index (χ1) is 15.6. The molecule has 0 unspecified atom stereocenters. The quantitative estimate of drug-likeness (QED) is 0.481. The van der Waals surface area contributed by atoms with Crippen LogP contribution < -0.4 is 25.2 Å². The van der Waals surface area contributed by atoms with E-state index in [-0.39, 0.29) is 5.56 Å². The molecule has 0 atom stereocenters. The molecule has 3 aromatic carbocycles. The van der Waals surface area contributed by atoms with E-state index in [0.29, 0.717) is 47.1 Å². The fourth-order valence-electron chi connectivity index (χ4n) is 3.63. The molecule has 0 radical (unpaired) electrons. The van der Waals surface area contributed by atoms with Crippen LogP contribution in [0, 0.1) is 0 Å². The molecular weight excluding hydrogens is 410 g/mol. The van der Waals surface area contributed by atoms with E-state index in [0.717, 1.165) is 11.1 Å². The molecule has 7 heteroatoms. The van der Waals surface area contributed by atoms with Crippen molar-refractivity contribution in [1.29, 1.82) is 0 Å². The lowest BCUT2D eigenvalue weighted by Crippen LogP contribution is -2.20. The van der Waals surface area contributed by atoms with Crippen LogP contribution in [0.2, 0.25) is 0 Å². The second-order valence-corrected chi connectivity index (χ2v) is 7.22. The Kier molecular flexibility index (Phi) is 4.99. The minimum absolute atomic E-state index is 0.0875. The van der Waals surface area contributed by atoms with Crippen molar-refractivity contribution in [3.05, 3.63) is 82.7 Å². The van der Waals surface area contributed by atoms with Gasteiger partial charge in [0.1, 0.15) is 18.8 Å². The van der Waals surface area contributed by atoms with Gasteiger partial charge in [0.25, 0.3) is 5.91 Å². The van der Waals surface area contributed by atoms with E-state index in [9.17, 15) is 9.59 Å². The highest BCUT2D eigenvalue weighted by Crippen LogP contribution is 2.35. The van der Waals surface area contributed by atoms with Gasteiger partial charge in [-0.1, -0.05) is 30.3 Å². The Morgan fingerprint density at radius 2 is 1.69 bits per heavy atom. The smallest absolute Gasteiger partial charge is 0.349 e. The summed E-state index contributed by atoms with van der Waals surface area (Å²) in [4.78, 5) is 25.3. The number of rotatable bonds is 4. The number of nitrogens with one attached hydrogen (secondary N) is 1. The van der Waals surface area contributed by atoms with Gasteiger partial charge >= 0.3 is 5.63 Å². The predicted octanol–water partition coefficient (Wildman–Crippen LogP) is 4.49. The lowest BCUT2D eigenvalue weighted by atomic mass is 10.0. The number of hydrogen-bond acceptors (Lipinski definition) is 6. The molecule has 1 aromatic heterocycles. The van der Waals surface area contributed by atoms with Gasteiger partial charge in [0.2, 0.25) is 0 Å². The Morgan fingerprint density at radius 1 is 0.906 bits per heavy atom. The maximum absolute atomic E-state index is 12.8. The summed E-state index contributed by atoms with van der Waals surface area (Å²) in [5.74, 6) is 1.28. The zero-order valence-corrected chi connectivity index (χ0v) is 17.2. The molecule has 2 heterocycles. The number of methoxy groups -OCH3 is 1. The average molecular weight is 429 g/mol. The van der Waals surface area contributed by atoms with Crippen molar-refractivity contribution >= 4 is 22.6 Å². The predicted molar refractivity (Wildman–Crippen MR) is 120 cm³/mol. The van der Waals surface area contributed by atoms with Crippen LogP contribution in [-0.2, 0) is 0 Å². The van der Waals surface area contributed by atoms with Crippen LogP contribution in [-0.4, -0.2) is 26.2 Å². The molecule has 0 saturated carbocycles. The molecule has 1 amide bonds. The summed E-state index contributed by atoms with van der Waals surface area (Å²) in [5.41, 5.74) is 1.83. The number of carbonyl (C=O) groups excluding carboxylic acids is 1. The highest BCUT2D eigenvalue weighted by Gasteiger charge is 2.17. The van der Waals surface area contributed by atoms with Crippen LogP contribution in [0.4, 0.5) is 5.69 Å². The molecule has 1 N–H and O–H groups in total. The summed E-state index contributed by atoms with van der Waals surface area (Å²) >= 11 is 0. The zero-order chi connectivity index (χ0) is 22.1. The molecular formula is C25H19NO6. The Labute approximate surface area is 183 Å². The largest absolute Gasteiger partial charge is 0.493 e. The van der Waals surface area contributed by atoms with Crippen LogP contribution in [0.15, 0.2) is 75.9 Å². The van der Waals surface area contributed by atoms with E-state index < -0.39 is 11.5 Å². The lowest BCUT2D eigenvalue weighted by Gasteiger charge is -2.19. The fraction of sp³-hybridized carbons (Fsp3) is 0.120. The summed E-state index contributed by atoms with van der Waals surface area (Å²) < 4.78 is 21.8. The SMILES string of the molecule is COc1cccc2cc(C(=O)Nc3cccc(-c4ccc5c(c4)OCCO5)c3)c(=O)oc12. The Hall–Kier alpha value is -4.26. The first-order valence-electron chi connectivity index (χ1n) is 10.0. The maximum atomic E-state index is 12.8. The molecule has 0 aliphatic carbocycles. The van der Waals surface area contributed by atoms with Gasteiger partial charge < -0.3 is 23.9 Å². The minimum atomic E-state index is -0.734. The number of benzene rings is 3. The number of para-hydroxylation sites is 1. The van der Waals surface area contributed by atoms with Crippen LogP contribution >= 0.6 is 0 Å². The number of anilines is 1. The third-order valence-electron chi connectivity index (χ3n) is 5.18. The second kappa shape index (κ2) is 8.11. The third kappa shape index (κ3) is 3.65. The van der Waals surface area contributed by atoms with E-state index in [1.807, 2.05) is 36.4 Å². The van der Waals surface area contributed by atoms with E-state index in [4.69, 9.17) is 18.6 Å². The molecule has 0 bridgehead atoms. The molecule has 32 heavy (non-hydrogen) atoms. The summed E-state index contributed by atoms with van der Waals surface area (Å²) in [7, 11) is 1.49. The molecule has 7 nitrogen and oxygen atoms in total. The van der Waals surface area contributed by atoms with Crippen molar-refractivity contribution in [2.75, 3.05) is 25.6 Å². The summed E-state index contributed by atoms with van der Waals surface area (Å²) in [6.07, 6.45) is 0. The summed E-state index contributed by atoms with van der Waals surface area (Å²) in [5, 5.41) is 3.38. The molecule has 0 saturated heterocycles. The Bertz CT molecular complexity index is 1390. The van der Waals surface area contributed by atoms with Crippen LogP contribution in [0.25, 0.3) is 22.1 Å². The average Bonchev–Trinajstić information content (AvgIpc) is 2.83. The molecule has 160 valence electrons. The Morgan fingerprint density at radius 3 is 2.53 bits per heavy atom. The van der Waals surface area contributed by atoms with Gasteiger partial charge in [-0.05, 0) is 47.5 Å². The van der Waals surface area contributed by atoms with E-state index in [1.165, 1.54) is 13.2 Å². The van der Waals surface area contributed by atoms with Crippen molar-refractivity contribution in [2.45, 2.75) is 0 Å². The first-order valence-corrected chi connectivity index (χ1v) is 10.0. The van der Waals surface area contributed by atoms with Crippen LogP contribution in [0.1, 0.15) is 10.4 Å². The van der Waals surface area contributed by atoms with Crippen LogP contribution in [0.5, 0.6) is 17.2 Å². The van der Waals surface area contributed by atoms with Crippen molar-refractivity contribution in [2.24, 2.45) is 0 Å². The molecule has 0 spiro atoms. The molecule has 0 fully saturated rings. The molecule has 1 aliphatic heterocycles. The van der Waals surface area contributed by atoms with Gasteiger partial charge in [-0.25, -0.2) is 4.79 Å². The monoisotopic (exact) mass is 429 g/mol. The van der Waals surface area contributed by atoms with Gasteiger partial charge in [-0.3, -0.25) is 4.79 Å². The van der Waals surface area contributed by atoms with Gasteiger partial charge in [-0.2, -0.15) is 0 Å². The van der Waals surface area contributed by atoms with Crippen molar-refractivity contribution in [3.8, 4) is 28.4 Å². The van der Waals surface area contributed by atoms with Gasteiger partial charge in [0, 0.05) is 11.1 Å². The zero-order valence-electron chi connectivity index (χ0n) is 17.2. The van der Waals surface area contributed by atoms with Crippen molar-refractivity contribution < 1.29 is 23.4 Å². The maximum Gasteiger partial charge on any atom is 0.349 e. The summed E-state index contributed by atoms with van der Waals surface area (Å²) in [6.45, 7) is 1.04. The topological polar surface area (TPSA) is 87.0 Å². The number of amides is 1. The number of fused-ring (bicyclic) bond motifs is 2. The van der Waals surface area contributed by atoms with E-state index >= 15 is 0 Å². The number of carbonyl (C=O) groups is 1. The summed E-state index contributed by atoms with van der Waals surface area (Å²) in [6, 6.07) is 19.7. The first kappa shape index (κ1) is 19.7. The highest BCUT2D eigenvalue weighted by molar-refractivity contribution is 6.05. The number of hydrogen-bond donors (Lipinski definition) is 1. The molecule has 4 aromatic rings. The van der Waals surface area contributed by atoms with Gasteiger partial charge in [0.15, 0.2) is 22.8 Å². The second-order valence-electron chi connectivity index (χ2n) is 7.22. The normalized spacial score (nSPS) is 12.4. The highest BCUT2D eigenvalue weighted by atomic mass is 16.6. The third-order valence-corrected chi connectivity index (χ3v) is 5.18. The number of ether oxygens (including phenoxy) is 3. The van der Waals surface area contributed by atoms with Crippen molar-refractivity contribution in [1.82, 2.24) is 0 Å². The van der Waals surface area contributed by atoms with E-state index in [2.05, 4.69) is 5.32 Å². The molecule has 1 aliphatic rings. The fourth-order valence-corrected chi connectivity index (χ4v) is 3.63. The van der Waals surface area contributed by atoms with Gasteiger partial charge in [-0.15, -0.1) is 0 Å². The lowest BCUT2D eigenvalue weighted by molar-refractivity contribution is 0.102. The standard InChI is InChI=1S/C25H19NO6/c1-29-21-7-3-5-17-13-19(25(28)32-23(17)21)24(27)26-18-6-2-4-15(12-18)16-8-9-20-22(14-16)31-11-10-30-20/h2-9,12-14H,10-11H2,1H3,(H,26,27). The molecule has 5 rings (SSSR count). The minimum Gasteiger partial charge on any atom is -0.493 e. The van der Waals surface area contributed by atoms with E-state index in [1.54, 1.807) is 24.3 Å². The Balaban J connectivity index is 1.43.